The number of carbonyl (C=O) groups excluding carboxylic acids is 2. The van der Waals surface area contributed by atoms with Crippen molar-refractivity contribution >= 4 is 23.6 Å². The van der Waals surface area contributed by atoms with E-state index in [1.807, 2.05) is 68.4 Å². The number of hydrogen-bond acceptors (Lipinski definition) is 3. The van der Waals surface area contributed by atoms with Crippen molar-refractivity contribution in [1.29, 1.82) is 0 Å². The first kappa shape index (κ1) is 26.6. The number of amides is 2. The van der Waals surface area contributed by atoms with Crippen LogP contribution in [0.4, 0.5) is 0 Å². The van der Waals surface area contributed by atoms with Gasteiger partial charge < -0.3 is 10.2 Å². The van der Waals surface area contributed by atoms with Crippen LogP contribution in [-0.4, -0.2) is 35.1 Å². The zero-order valence-corrected chi connectivity index (χ0v) is 21.8. The molecule has 0 fully saturated rings. The van der Waals surface area contributed by atoms with Gasteiger partial charge in [0, 0.05) is 25.3 Å². The van der Waals surface area contributed by atoms with Crippen LogP contribution >= 0.6 is 11.8 Å². The lowest BCUT2D eigenvalue weighted by atomic mass is 10.0. The van der Waals surface area contributed by atoms with Gasteiger partial charge in [-0.3, -0.25) is 9.59 Å². The summed E-state index contributed by atoms with van der Waals surface area (Å²) in [5, 5.41) is 3.03. The SMILES string of the molecule is CCCNC(=O)[C@H](Cc1ccccc1)N(Cc1ccc(C)cc1)C(=O)CSCc1ccc(C)cc1. The minimum absolute atomic E-state index is 0.0183. The van der Waals surface area contributed by atoms with Gasteiger partial charge in [-0.1, -0.05) is 96.9 Å². The molecule has 184 valence electrons. The molecule has 0 aliphatic carbocycles. The van der Waals surface area contributed by atoms with E-state index in [2.05, 4.69) is 36.5 Å². The second-order valence-electron chi connectivity index (χ2n) is 8.98. The fourth-order valence-corrected chi connectivity index (χ4v) is 4.70. The number of benzene rings is 3. The maximum absolute atomic E-state index is 13.6. The summed E-state index contributed by atoms with van der Waals surface area (Å²) in [6.07, 6.45) is 1.33. The van der Waals surface area contributed by atoms with Crippen LogP contribution in [0.3, 0.4) is 0 Å². The Morgan fingerprint density at radius 2 is 1.43 bits per heavy atom. The zero-order chi connectivity index (χ0) is 25.0. The highest BCUT2D eigenvalue weighted by Crippen LogP contribution is 2.19. The van der Waals surface area contributed by atoms with E-state index in [0.29, 0.717) is 25.3 Å². The van der Waals surface area contributed by atoms with Gasteiger partial charge in [0.2, 0.25) is 11.8 Å². The lowest BCUT2D eigenvalue weighted by molar-refractivity contribution is -0.139. The Kier molecular flexibility index (Phi) is 10.4. The van der Waals surface area contributed by atoms with Crippen molar-refractivity contribution in [3.05, 3.63) is 107 Å². The van der Waals surface area contributed by atoms with Gasteiger partial charge >= 0.3 is 0 Å². The molecule has 0 spiro atoms. The number of nitrogens with zero attached hydrogens (tertiary/aromatic N) is 1. The average Bonchev–Trinajstić information content (AvgIpc) is 2.87. The molecule has 0 aromatic heterocycles. The Balaban J connectivity index is 1.81. The third-order valence-corrected chi connectivity index (χ3v) is 6.90. The fraction of sp³-hybridized carbons (Fsp3) is 0.333. The van der Waals surface area contributed by atoms with E-state index in [1.165, 1.54) is 16.7 Å². The van der Waals surface area contributed by atoms with E-state index in [4.69, 9.17) is 0 Å². The van der Waals surface area contributed by atoms with Gasteiger partial charge in [0.15, 0.2) is 0 Å². The van der Waals surface area contributed by atoms with Gasteiger partial charge in [-0.2, -0.15) is 0 Å². The number of rotatable bonds is 12. The van der Waals surface area contributed by atoms with Crippen LogP contribution in [-0.2, 0) is 28.3 Å². The molecule has 0 saturated carbocycles. The molecule has 0 aliphatic heterocycles. The monoisotopic (exact) mass is 488 g/mol. The standard InChI is InChI=1S/C30H36N2O2S/c1-4-18-31-30(34)28(19-25-8-6-5-7-9-25)32(20-26-14-10-23(2)11-15-26)29(33)22-35-21-27-16-12-24(3)13-17-27/h5-17,28H,4,18-22H2,1-3H3,(H,31,34)/t28-/m0/s1. The Labute approximate surface area is 214 Å². The normalized spacial score (nSPS) is 11.6. The minimum Gasteiger partial charge on any atom is -0.354 e. The smallest absolute Gasteiger partial charge is 0.243 e. The fourth-order valence-electron chi connectivity index (χ4n) is 3.83. The lowest BCUT2D eigenvalue weighted by Crippen LogP contribution is -2.51. The summed E-state index contributed by atoms with van der Waals surface area (Å²) in [4.78, 5) is 28.7. The molecule has 3 aromatic rings. The van der Waals surface area contributed by atoms with Crippen LogP contribution < -0.4 is 5.32 Å². The van der Waals surface area contributed by atoms with Crippen LogP contribution in [0.15, 0.2) is 78.9 Å². The molecule has 0 radical (unpaired) electrons. The molecule has 0 saturated heterocycles. The Morgan fingerprint density at radius 3 is 2.03 bits per heavy atom. The molecule has 5 heteroatoms. The zero-order valence-electron chi connectivity index (χ0n) is 21.0. The quantitative estimate of drug-likeness (QED) is 0.356. The summed E-state index contributed by atoms with van der Waals surface area (Å²) in [6.45, 7) is 7.15. The third kappa shape index (κ3) is 8.59. The molecule has 0 unspecified atom stereocenters. The second-order valence-corrected chi connectivity index (χ2v) is 9.97. The van der Waals surface area contributed by atoms with E-state index >= 15 is 0 Å². The number of thioether (sulfide) groups is 1. The molecule has 2 amide bonds. The molecular formula is C30H36N2O2S. The van der Waals surface area contributed by atoms with Crippen molar-refractivity contribution < 1.29 is 9.59 Å². The lowest BCUT2D eigenvalue weighted by Gasteiger charge is -2.31. The summed E-state index contributed by atoms with van der Waals surface area (Å²) in [7, 11) is 0. The van der Waals surface area contributed by atoms with E-state index < -0.39 is 6.04 Å². The largest absolute Gasteiger partial charge is 0.354 e. The van der Waals surface area contributed by atoms with Gasteiger partial charge in [0.1, 0.15) is 6.04 Å². The number of nitrogens with one attached hydrogen (secondary N) is 1. The minimum atomic E-state index is -0.572. The third-order valence-electron chi connectivity index (χ3n) is 5.91. The van der Waals surface area contributed by atoms with Crippen molar-refractivity contribution in [3.8, 4) is 0 Å². The first-order valence-electron chi connectivity index (χ1n) is 12.3. The van der Waals surface area contributed by atoms with Crippen molar-refractivity contribution in [3.63, 3.8) is 0 Å². The van der Waals surface area contributed by atoms with Crippen LogP contribution in [0.5, 0.6) is 0 Å². The van der Waals surface area contributed by atoms with Gasteiger partial charge in [-0.15, -0.1) is 11.8 Å². The molecule has 35 heavy (non-hydrogen) atoms. The molecule has 0 heterocycles. The summed E-state index contributed by atoms with van der Waals surface area (Å²) in [5.41, 5.74) is 5.65. The summed E-state index contributed by atoms with van der Waals surface area (Å²) >= 11 is 1.59. The molecule has 3 rings (SSSR count). The maximum atomic E-state index is 13.6. The molecule has 3 aromatic carbocycles. The van der Waals surface area contributed by atoms with Crippen molar-refractivity contribution in [2.45, 2.75) is 52.0 Å². The summed E-state index contributed by atoms with van der Waals surface area (Å²) < 4.78 is 0. The van der Waals surface area contributed by atoms with E-state index in [0.717, 1.165) is 23.3 Å². The van der Waals surface area contributed by atoms with Crippen LogP contribution in [0.2, 0.25) is 0 Å². The van der Waals surface area contributed by atoms with Gasteiger partial charge in [0.05, 0.1) is 5.75 Å². The highest BCUT2D eigenvalue weighted by molar-refractivity contribution is 7.99. The first-order valence-corrected chi connectivity index (χ1v) is 13.4. The highest BCUT2D eigenvalue weighted by atomic mass is 32.2. The van der Waals surface area contributed by atoms with Crippen LogP contribution in [0, 0.1) is 13.8 Å². The average molecular weight is 489 g/mol. The van der Waals surface area contributed by atoms with Gasteiger partial charge in [-0.25, -0.2) is 0 Å². The van der Waals surface area contributed by atoms with E-state index in [-0.39, 0.29) is 11.8 Å². The molecule has 0 aliphatic rings. The predicted molar refractivity (Wildman–Crippen MR) is 146 cm³/mol. The molecule has 4 nitrogen and oxygen atoms in total. The predicted octanol–water partition coefficient (Wildman–Crippen LogP) is 5.70. The van der Waals surface area contributed by atoms with Crippen molar-refractivity contribution in [2.24, 2.45) is 0 Å². The van der Waals surface area contributed by atoms with Crippen molar-refractivity contribution in [1.82, 2.24) is 10.2 Å². The Hall–Kier alpha value is -3.05. The molecular weight excluding hydrogens is 452 g/mol. The first-order chi connectivity index (χ1) is 17.0. The van der Waals surface area contributed by atoms with Gasteiger partial charge in [-0.05, 0) is 37.0 Å². The molecule has 0 bridgehead atoms. The van der Waals surface area contributed by atoms with Gasteiger partial charge in [0.25, 0.3) is 0 Å². The Bertz CT molecular complexity index is 1070. The number of aryl methyl sites for hydroxylation is 2. The maximum Gasteiger partial charge on any atom is 0.243 e. The topological polar surface area (TPSA) is 49.4 Å². The molecule has 1 atom stereocenters. The number of hydrogen-bond donors (Lipinski definition) is 1. The van der Waals surface area contributed by atoms with Crippen LogP contribution in [0.1, 0.15) is 41.2 Å². The summed E-state index contributed by atoms with van der Waals surface area (Å²) in [6, 6.07) is 25.9. The number of carbonyl (C=O) groups is 2. The molecule has 1 N–H and O–H groups in total. The second kappa shape index (κ2) is 13.7. The Morgan fingerprint density at radius 1 is 0.829 bits per heavy atom. The summed E-state index contributed by atoms with van der Waals surface area (Å²) in [5.74, 6) is 0.969. The van der Waals surface area contributed by atoms with E-state index in [1.54, 1.807) is 16.7 Å². The van der Waals surface area contributed by atoms with Crippen molar-refractivity contribution in [2.75, 3.05) is 12.3 Å². The van der Waals surface area contributed by atoms with Crippen LogP contribution in [0.25, 0.3) is 0 Å². The highest BCUT2D eigenvalue weighted by Gasteiger charge is 2.30. The van der Waals surface area contributed by atoms with E-state index in [9.17, 15) is 9.59 Å².